The third-order valence-electron chi connectivity index (χ3n) is 4.52. The Morgan fingerprint density at radius 3 is 2.79 bits per heavy atom. The van der Waals surface area contributed by atoms with E-state index < -0.39 is 10.0 Å². The Bertz CT molecular complexity index is 1060. The Morgan fingerprint density at radius 2 is 1.93 bits per heavy atom. The molecule has 154 valence electrons. The highest BCUT2D eigenvalue weighted by atomic mass is 32.2. The molecule has 3 heterocycles. The Labute approximate surface area is 168 Å². The van der Waals surface area contributed by atoms with Crippen LogP contribution in [0.4, 0.5) is 11.6 Å². The predicted octanol–water partition coefficient (Wildman–Crippen LogP) is 0.986. The van der Waals surface area contributed by atoms with Crippen LogP contribution in [0.2, 0.25) is 0 Å². The molecule has 0 bridgehead atoms. The van der Waals surface area contributed by atoms with Gasteiger partial charge in [-0.15, -0.1) is 0 Å². The number of sulfonamides is 1. The van der Waals surface area contributed by atoms with E-state index in [2.05, 4.69) is 30.1 Å². The number of para-hydroxylation sites is 1. The fourth-order valence-corrected chi connectivity index (χ4v) is 4.16. The van der Waals surface area contributed by atoms with Crippen molar-refractivity contribution in [2.24, 2.45) is 0 Å². The van der Waals surface area contributed by atoms with Crippen LogP contribution in [0.3, 0.4) is 0 Å². The zero-order valence-electron chi connectivity index (χ0n) is 15.7. The molecule has 1 aliphatic rings. The molecule has 29 heavy (non-hydrogen) atoms. The summed E-state index contributed by atoms with van der Waals surface area (Å²) in [5.74, 6) is 1.23. The van der Waals surface area contributed by atoms with Crippen molar-refractivity contribution in [1.29, 1.82) is 0 Å². The number of benzene rings is 1. The van der Waals surface area contributed by atoms with E-state index in [0.29, 0.717) is 42.2 Å². The first-order valence-corrected chi connectivity index (χ1v) is 11.0. The van der Waals surface area contributed by atoms with Gasteiger partial charge in [-0.3, -0.25) is 0 Å². The first-order chi connectivity index (χ1) is 14.1. The van der Waals surface area contributed by atoms with Crippen LogP contribution in [-0.4, -0.2) is 62.9 Å². The van der Waals surface area contributed by atoms with Crippen molar-refractivity contribution in [3.8, 4) is 0 Å². The standard InChI is InChI=1S/C18H22N6O4S/c25-29(26,12-15-14-3-1-2-4-16(14)28-23-15)22-6-5-19-17-11-18(21-13-20-17)24-7-9-27-10-8-24/h1-4,11,13,22H,5-10,12H2,(H,19,20,21). The van der Waals surface area contributed by atoms with E-state index in [1.54, 1.807) is 12.1 Å². The third kappa shape index (κ3) is 5.00. The fraction of sp³-hybridized carbons (Fsp3) is 0.389. The van der Waals surface area contributed by atoms with Crippen molar-refractivity contribution >= 4 is 32.6 Å². The van der Waals surface area contributed by atoms with Crippen molar-refractivity contribution < 1.29 is 17.7 Å². The Hall–Kier alpha value is -2.76. The number of nitrogens with one attached hydrogen (secondary N) is 2. The number of anilines is 2. The van der Waals surface area contributed by atoms with Gasteiger partial charge in [0.05, 0.1) is 13.2 Å². The largest absolute Gasteiger partial charge is 0.378 e. The van der Waals surface area contributed by atoms with Gasteiger partial charge in [0.25, 0.3) is 0 Å². The van der Waals surface area contributed by atoms with Gasteiger partial charge in [0.2, 0.25) is 10.0 Å². The molecule has 0 saturated carbocycles. The number of morpholine rings is 1. The summed E-state index contributed by atoms with van der Waals surface area (Å²) < 4.78 is 37.8. The van der Waals surface area contributed by atoms with Gasteiger partial charge in [-0.05, 0) is 12.1 Å². The van der Waals surface area contributed by atoms with E-state index >= 15 is 0 Å². The molecule has 10 nitrogen and oxygen atoms in total. The minimum atomic E-state index is -3.54. The summed E-state index contributed by atoms with van der Waals surface area (Å²) >= 11 is 0. The van der Waals surface area contributed by atoms with Gasteiger partial charge >= 0.3 is 0 Å². The number of nitrogens with zero attached hydrogens (tertiary/aromatic N) is 4. The van der Waals surface area contributed by atoms with Crippen LogP contribution in [0.25, 0.3) is 11.0 Å². The monoisotopic (exact) mass is 418 g/mol. The number of fused-ring (bicyclic) bond motifs is 1. The molecule has 1 aliphatic heterocycles. The lowest BCUT2D eigenvalue weighted by Gasteiger charge is -2.27. The Kier molecular flexibility index (Phi) is 5.88. The van der Waals surface area contributed by atoms with E-state index in [1.165, 1.54) is 6.33 Å². The summed E-state index contributed by atoms with van der Waals surface area (Å²) in [6.45, 7) is 3.53. The average Bonchev–Trinajstić information content (AvgIpc) is 3.14. The van der Waals surface area contributed by atoms with Gasteiger partial charge in [0.1, 0.15) is 29.4 Å². The number of rotatable bonds is 8. The zero-order valence-corrected chi connectivity index (χ0v) is 16.6. The predicted molar refractivity (Wildman–Crippen MR) is 108 cm³/mol. The highest BCUT2D eigenvalue weighted by Gasteiger charge is 2.17. The fourth-order valence-electron chi connectivity index (χ4n) is 3.08. The molecule has 2 aromatic heterocycles. The van der Waals surface area contributed by atoms with Gasteiger partial charge in [-0.1, -0.05) is 17.3 Å². The van der Waals surface area contributed by atoms with Crippen LogP contribution in [0.5, 0.6) is 0 Å². The molecule has 2 N–H and O–H groups in total. The molecule has 1 aromatic carbocycles. The lowest BCUT2D eigenvalue weighted by atomic mass is 10.2. The number of hydrogen-bond donors (Lipinski definition) is 2. The molecule has 0 aliphatic carbocycles. The second-order valence-corrected chi connectivity index (χ2v) is 8.37. The van der Waals surface area contributed by atoms with Gasteiger partial charge in [-0.25, -0.2) is 23.1 Å². The molecule has 4 rings (SSSR count). The molecule has 0 atom stereocenters. The molecule has 0 amide bonds. The van der Waals surface area contributed by atoms with Crippen LogP contribution >= 0.6 is 0 Å². The van der Waals surface area contributed by atoms with E-state index in [4.69, 9.17) is 9.26 Å². The highest BCUT2D eigenvalue weighted by Crippen LogP contribution is 2.19. The van der Waals surface area contributed by atoms with Gasteiger partial charge in [-0.2, -0.15) is 0 Å². The summed E-state index contributed by atoms with van der Waals surface area (Å²) in [7, 11) is -3.54. The Morgan fingerprint density at radius 1 is 1.10 bits per heavy atom. The van der Waals surface area contributed by atoms with E-state index in [-0.39, 0.29) is 12.3 Å². The molecule has 1 saturated heterocycles. The van der Waals surface area contributed by atoms with Gasteiger partial charge in [0, 0.05) is 37.6 Å². The van der Waals surface area contributed by atoms with Crippen LogP contribution in [0, 0.1) is 0 Å². The van der Waals surface area contributed by atoms with Crippen molar-refractivity contribution in [3.05, 3.63) is 42.4 Å². The minimum absolute atomic E-state index is 0.217. The van der Waals surface area contributed by atoms with Crippen molar-refractivity contribution in [2.45, 2.75) is 5.75 Å². The van der Waals surface area contributed by atoms with Crippen molar-refractivity contribution in [3.63, 3.8) is 0 Å². The van der Waals surface area contributed by atoms with E-state index in [9.17, 15) is 8.42 Å². The van der Waals surface area contributed by atoms with Crippen molar-refractivity contribution in [1.82, 2.24) is 19.8 Å². The summed E-state index contributed by atoms with van der Waals surface area (Å²) in [6, 6.07) is 9.02. The highest BCUT2D eigenvalue weighted by molar-refractivity contribution is 7.88. The van der Waals surface area contributed by atoms with Crippen LogP contribution < -0.4 is 14.9 Å². The van der Waals surface area contributed by atoms with E-state index in [0.717, 1.165) is 18.9 Å². The summed E-state index contributed by atoms with van der Waals surface area (Å²) in [5.41, 5.74) is 0.964. The Balaban J connectivity index is 1.28. The average molecular weight is 418 g/mol. The molecule has 0 unspecified atom stereocenters. The third-order valence-corrected chi connectivity index (χ3v) is 5.82. The van der Waals surface area contributed by atoms with E-state index in [1.807, 2.05) is 18.2 Å². The number of ether oxygens (including phenoxy) is 1. The number of hydrogen-bond acceptors (Lipinski definition) is 9. The van der Waals surface area contributed by atoms with Crippen molar-refractivity contribution in [2.75, 3.05) is 49.6 Å². The molecule has 1 fully saturated rings. The molecular formula is C18H22N6O4S. The topological polar surface area (TPSA) is 122 Å². The SMILES string of the molecule is O=S(=O)(Cc1noc2ccccc12)NCCNc1cc(N2CCOCC2)ncn1. The summed E-state index contributed by atoms with van der Waals surface area (Å²) in [6.07, 6.45) is 1.49. The molecular weight excluding hydrogens is 396 g/mol. The lowest BCUT2D eigenvalue weighted by molar-refractivity contribution is 0.122. The maximum atomic E-state index is 12.3. The lowest BCUT2D eigenvalue weighted by Crippen LogP contribution is -2.36. The van der Waals surface area contributed by atoms with Gasteiger partial charge in [0.15, 0.2) is 5.58 Å². The summed E-state index contributed by atoms with van der Waals surface area (Å²) in [5, 5.41) is 7.69. The summed E-state index contributed by atoms with van der Waals surface area (Å²) in [4.78, 5) is 10.6. The molecule has 0 spiro atoms. The first kappa shape index (κ1) is 19.6. The van der Waals surface area contributed by atoms with Crippen LogP contribution in [-0.2, 0) is 20.5 Å². The smallest absolute Gasteiger partial charge is 0.217 e. The van der Waals surface area contributed by atoms with Gasteiger partial charge < -0.3 is 19.5 Å². The second kappa shape index (κ2) is 8.72. The zero-order chi connectivity index (χ0) is 20.1. The second-order valence-electron chi connectivity index (χ2n) is 6.57. The molecule has 3 aromatic rings. The maximum absolute atomic E-state index is 12.3. The quantitative estimate of drug-likeness (QED) is 0.516. The molecule has 0 radical (unpaired) electrons. The first-order valence-electron chi connectivity index (χ1n) is 9.30. The van der Waals surface area contributed by atoms with Crippen LogP contribution in [0.15, 0.2) is 41.2 Å². The normalized spacial score (nSPS) is 15.0. The van der Waals surface area contributed by atoms with Crippen LogP contribution in [0.1, 0.15) is 5.69 Å². The maximum Gasteiger partial charge on any atom is 0.217 e. The molecule has 11 heteroatoms. The minimum Gasteiger partial charge on any atom is -0.378 e. The number of aromatic nitrogens is 3.